The second-order valence-corrected chi connectivity index (χ2v) is 7.57. The van der Waals surface area contributed by atoms with Crippen LogP contribution in [0.1, 0.15) is 43.9 Å². The van der Waals surface area contributed by atoms with Crippen LogP contribution in [0.5, 0.6) is 5.75 Å². The molecule has 7 heteroatoms. The molecule has 1 aliphatic heterocycles. The highest BCUT2D eigenvalue weighted by Gasteiger charge is 2.33. The molecule has 1 atom stereocenters. The highest BCUT2D eigenvalue weighted by molar-refractivity contribution is 6.06. The predicted molar refractivity (Wildman–Crippen MR) is 117 cm³/mol. The largest absolute Gasteiger partial charge is 0.495 e. The number of benzene rings is 2. The maximum absolute atomic E-state index is 13.4. The van der Waals surface area contributed by atoms with Crippen molar-refractivity contribution in [1.29, 1.82) is 0 Å². The Hall–Kier alpha value is -3.61. The van der Waals surface area contributed by atoms with Crippen molar-refractivity contribution in [2.75, 3.05) is 17.7 Å². The number of aromatic nitrogens is 3. The molecule has 30 heavy (non-hydrogen) atoms. The third kappa shape index (κ3) is 3.54. The molecule has 0 saturated carbocycles. The van der Waals surface area contributed by atoms with Crippen LogP contribution < -0.4 is 15.4 Å². The average molecular weight is 403 g/mol. The first-order chi connectivity index (χ1) is 14.5. The van der Waals surface area contributed by atoms with E-state index in [1.54, 1.807) is 11.8 Å². The van der Waals surface area contributed by atoms with Crippen molar-refractivity contribution in [2.45, 2.75) is 32.7 Å². The molecule has 2 heterocycles. The summed E-state index contributed by atoms with van der Waals surface area (Å²) in [4.78, 5) is 17.7. The molecule has 0 radical (unpaired) electrons. The number of hydrogen-bond acceptors (Lipinski definition) is 5. The van der Waals surface area contributed by atoms with Gasteiger partial charge in [-0.1, -0.05) is 50.2 Å². The van der Waals surface area contributed by atoms with Gasteiger partial charge in [0, 0.05) is 5.70 Å². The Balaban J connectivity index is 1.75. The van der Waals surface area contributed by atoms with Gasteiger partial charge in [0.2, 0.25) is 5.95 Å². The first kappa shape index (κ1) is 19.7. The average Bonchev–Trinajstić information content (AvgIpc) is 3.21. The molecular weight excluding hydrogens is 378 g/mol. The Morgan fingerprint density at radius 1 is 1.17 bits per heavy atom. The number of rotatable bonds is 5. The Bertz CT molecular complexity index is 1100. The van der Waals surface area contributed by atoms with Crippen LogP contribution >= 0.6 is 0 Å². The van der Waals surface area contributed by atoms with Crippen LogP contribution in [0.25, 0.3) is 0 Å². The number of carbonyl (C=O) groups is 1. The molecule has 3 aromatic rings. The minimum atomic E-state index is -0.389. The fraction of sp³-hybridized carbons (Fsp3) is 0.261. The van der Waals surface area contributed by atoms with Crippen LogP contribution in [0.4, 0.5) is 11.6 Å². The van der Waals surface area contributed by atoms with E-state index >= 15 is 0 Å². The quantitative estimate of drug-likeness (QED) is 0.662. The van der Waals surface area contributed by atoms with Gasteiger partial charge in [-0.15, -0.1) is 0 Å². The molecule has 1 aliphatic rings. The van der Waals surface area contributed by atoms with Gasteiger partial charge in [-0.25, -0.2) is 4.68 Å². The molecule has 0 fully saturated rings. The maximum Gasteiger partial charge on any atom is 0.255 e. The summed E-state index contributed by atoms with van der Waals surface area (Å²) in [7, 11) is 1.58. The zero-order chi connectivity index (χ0) is 21.3. The van der Waals surface area contributed by atoms with E-state index in [0.717, 1.165) is 11.3 Å². The molecular formula is C23H25N5O2. The number of carbonyl (C=O) groups excluding carboxylic acids is 1. The normalized spacial score (nSPS) is 15.6. The van der Waals surface area contributed by atoms with E-state index in [1.165, 1.54) is 11.9 Å². The van der Waals surface area contributed by atoms with E-state index < -0.39 is 0 Å². The molecule has 2 aromatic carbocycles. The lowest BCUT2D eigenvalue weighted by Gasteiger charge is -2.29. The minimum Gasteiger partial charge on any atom is -0.495 e. The first-order valence-corrected chi connectivity index (χ1v) is 9.91. The lowest BCUT2D eigenvalue weighted by Crippen LogP contribution is -2.31. The second-order valence-electron chi connectivity index (χ2n) is 7.57. The Morgan fingerprint density at radius 2 is 1.90 bits per heavy atom. The van der Waals surface area contributed by atoms with Crippen LogP contribution in [-0.4, -0.2) is 27.8 Å². The summed E-state index contributed by atoms with van der Waals surface area (Å²) in [6, 6.07) is 15.3. The highest BCUT2D eigenvalue weighted by Crippen LogP contribution is 2.36. The SMILES string of the molecule is COc1ccccc1NC(=O)C1=C(C)Nc2ncnn2C1c1ccc(C(C)C)cc1. The molecule has 0 aliphatic carbocycles. The van der Waals surface area contributed by atoms with Crippen LogP contribution in [0.15, 0.2) is 66.1 Å². The van der Waals surface area contributed by atoms with Gasteiger partial charge in [0.1, 0.15) is 18.1 Å². The number of nitrogens with zero attached hydrogens (tertiary/aromatic N) is 3. The van der Waals surface area contributed by atoms with Crippen LogP contribution in [-0.2, 0) is 4.79 Å². The predicted octanol–water partition coefficient (Wildman–Crippen LogP) is 4.34. The van der Waals surface area contributed by atoms with Crippen molar-refractivity contribution in [1.82, 2.24) is 14.8 Å². The summed E-state index contributed by atoms with van der Waals surface area (Å²) < 4.78 is 7.12. The van der Waals surface area contributed by atoms with Crippen molar-refractivity contribution in [3.63, 3.8) is 0 Å². The van der Waals surface area contributed by atoms with Gasteiger partial charge in [0.15, 0.2) is 0 Å². The van der Waals surface area contributed by atoms with Crippen molar-refractivity contribution < 1.29 is 9.53 Å². The molecule has 0 spiro atoms. The number of allylic oxidation sites excluding steroid dienone is 1. The number of methoxy groups -OCH3 is 1. The Morgan fingerprint density at radius 3 is 2.60 bits per heavy atom. The highest BCUT2D eigenvalue weighted by atomic mass is 16.5. The van der Waals surface area contributed by atoms with Gasteiger partial charge < -0.3 is 15.4 Å². The third-order valence-corrected chi connectivity index (χ3v) is 5.31. The molecule has 0 bridgehead atoms. The first-order valence-electron chi connectivity index (χ1n) is 9.91. The summed E-state index contributed by atoms with van der Waals surface area (Å²) in [6.45, 7) is 6.20. The molecule has 2 N–H and O–H groups in total. The lowest BCUT2D eigenvalue weighted by molar-refractivity contribution is -0.113. The van der Waals surface area contributed by atoms with Crippen LogP contribution in [0.2, 0.25) is 0 Å². The van der Waals surface area contributed by atoms with Gasteiger partial charge in [0.25, 0.3) is 5.91 Å². The van der Waals surface area contributed by atoms with E-state index in [2.05, 4.69) is 58.8 Å². The van der Waals surface area contributed by atoms with Crippen molar-refractivity contribution in [3.8, 4) is 5.75 Å². The lowest BCUT2D eigenvalue weighted by atomic mass is 9.92. The molecule has 0 saturated heterocycles. The second kappa shape index (κ2) is 8.02. The van der Waals surface area contributed by atoms with Gasteiger partial charge in [0.05, 0.1) is 18.4 Å². The smallest absolute Gasteiger partial charge is 0.255 e. The Labute approximate surface area is 175 Å². The summed E-state index contributed by atoms with van der Waals surface area (Å²) in [5, 5.41) is 10.6. The summed E-state index contributed by atoms with van der Waals surface area (Å²) in [6.07, 6.45) is 1.49. The molecule has 7 nitrogen and oxygen atoms in total. The number of anilines is 2. The van der Waals surface area contributed by atoms with E-state index in [-0.39, 0.29) is 11.9 Å². The number of ether oxygens (including phenoxy) is 1. The van der Waals surface area contributed by atoms with E-state index in [0.29, 0.717) is 28.9 Å². The van der Waals surface area contributed by atoms with Crippen molar-refractivity contribution in [3.05, 3.63) is 77.3 Å². The van der Waals surface area contributed by atoms with Crippen LogP contribution in [0, 0.1) is 0 Å². The third-order valence-electron chi connectivity index (χ3n) is 5.31. The molecule has 1 unspecified atom stereocenters. The standard InChI is InChI=1S/C23H25N5O2/c1-14(2)16-9-11-17(12-10-16)21-20(15(3)26-23-24-13-25-28(21)23)22(29)27-18-7-5-6-8-19(18)30-4/h5-14,21H,1-4H3,(H,27,29)(H,24,25,26). The molecule has 1 amide bonds. The molecule has 4 rings (SSSR count). The Kier molecular flexibility index (Phi) is 5.27. The summed E-state index contributed by atoms with van der Waals surface area (Å²) in [5.41, 5.74) is 4.14. The fourth-order valence-corrected chi connectivity index (χ4v) is 3.69. The van der Waals surface area contributed by atoms with E-state index in [1.807, 2.05) is 31.2 Å². The van der Waals surface area contributed by atoms with E-state index in [9.17, 15) is 4.79 Å². The maximum atomic E-state index is 13.4. The van der Waals surface area contributed by atoms with Crippen LogP contribution in [0.3, 0.4) is 0 Å². The van der Waals surface area contributed by atoms with Gasteiger partial charge in [-0.05, 0) is 36.1 Å². The van der Waals surface area contributed by atoms with Crippen molar-refractivity contribution in [2.24, 2.45) is 0 Å². The molecule has 154 valence electrons. The molecule has 1 aromatic heterocycles. The number of amides is 1. The van der Waals surface area contributed by atoms with Gasteiger partial charge in [-0.2, -0.15) is 10.1 Å². The topological polar surface area (TPSA) is 81.1 Å². The number of nitrogens with one attached hydrogen (secondary N) is 2. The van der Waals surface area contributed by atoms with E-state index in [4.69, 9.17) is 4.74 Å². The fourth-order valence-electron chi connectivity index (χ4n) is 3.69. The zero-order valence-corrected chi connectivity index (χ0v) is 17.5. The van der Waals surface area contributed by atoms with Crippen molar-refractivity contribution >= 4 is 17.5 Å². The monoisotopic (exact) mass is 403 g/mol. The number of hydrogen-bond donors (Lipinski definition) is 2. The number of fused-ring (bicyclic) bond motifs is 1. The number of para-hydroxylation sites is 2. The summed E-state index contributed by atoms with van der Waals surface area (Å²) >= 11 is 0. The summed E-state index contributed by atoms with van der Waals surface area (Å²) in [5.74, 6) is 1.43. The van der Waals surface area contributed by atoms with Gasteiger partial charge >= 0.3 is 0 Å². The van der Waals surface area contributed by atoms with Gasteiger partial charge in [-0.3, -0.25) is 4.79 Å². The zero-order valence-electron chi connectivity index (χ0n) is 17.5. The minimum absolute atomic E-state index is 0.219.